The summed E-state index contributed by atoms with van der Waals surface area (Å²) >= 11 is 3.24. The van der Waals surface area contributed by atoms with Crippen molar-refractivity contribution < 1.29 is 10.0 Å². The Morgan fingerprint density at radius 3 is 2.56 bits per heavy atom. The summed E-state index contributed by atoms with van der Waals surface area (Å²) in [5.74, 6) is 0. The molecule has 0 spiro atoms. The van der Waals surface area contributed by atoms with Gasteiger partial charge in [-0.15, -0.1) is 0 Å². The van der Waals surface area contributed by atoms with Crippen molar-refractivity contribution in [2.75, 3.05) is 11.9 Å². The molecule has 0 amide bonds. The van der Waals surface area contributed by atoms with E-state index >= 15 is 0 Å². The maximum atomic E-state index is 11.0. The number of aromatic nitrogens is 1. The van der Waals surface area contributed by atoms with Gasteiger partial charge in [0, 0.05) is 6.20 Å². The van der Waals surface area contributed by atoms with Crippen molar-refractivity contribution in [1.29, 1.82) is 0 Å². The predicted molar refractivity (Wildman–Crippen MR) is 72.6 cm³/mol. The minimum Gasteiger partial charge on any atom is -0.394 e. The van der Waals surface area contributed by atoms with Gasteiger partial charge in [0.25, 0.3) is 0 Å². The van der Waals surface area contributed by atoms with Gasteiger partial charge >= 0.3 is 5.69 Å². The molecule has 0 aliphatic heterocycles. The number of aliphatic hydroxyl groups excluding tert-OH is 1. The van der Waals surface area contributed by atoms with Crippen molar-refractivity contribution in [3.05, 3.63) is 27.0 Å². The third kappa shape index (κ3) is 2.97. The summed E-state index contributed by atoms with van der Waals surface area (Å²) in [7, 11) is 0. The van der Waals surface area contributed by atoms with Crippen LogP contribution in [-0.4, -0.2) is 27.2 Å². The molecule has 1 aromatic heterocycles. The smallest absolute Gasteiger partial charge is 0.311 e. The second-order valence-electron chi connectivity index (χ2n) is 4.04. The highest BCUT2D eigenvalue weighted by molar-refractivity contribution is 9.10. The number of nitrogens with one attached hydrogen (secondary N) is 1. The van der Waals surface area contributed by atoms with Crippen molar-refractivity contribution >= 4 is 27.3 Å². The molecule has 18 heavy (non-hydrogen) atoms. The standard InChI is InChI=1S/C11H16BrN3O3/c1-3-11(4-2,7-16)14-10-8(12)5-13-6-9(10)15(17)18/h5-6,16H,3-4,7H2,1-2H3,(H,13,14). The fraction of sp³-hybridized carbons (Fsp3) is 0.545. The van der Waals surface area contributed by atoms with Gasteiger partial charge in [0.15, 0.2) is 0 Å². The van der Waals surface area contributed by atoms with Crippen LogP contribution in [0.25, 0.3) is 0 Å². The maximum Gasteiger partial charge on any atom is 0.311 e. The lowest BCUT2D eigenvalue weighted by molar-refractivity contribution is -0.384. The number of hydrogen-bond acceptors (Lipinski definition) is 5. The van der Waals surface area contributed by atoms with E-state index in [1.165, 1.54) is 12.4 Å². The fourth-order valence-electron chi connectivity index (χ4n) is 1.64. The van der Waals surface area contributed by atoms with Crippen LogP contribution in [-0.2, 0) is 0 Å². The monoisotopic (exact) mass is 317 g/mol. The number of pyridine rings is 1. The first-order chi connectivity index (χ1) is 8.49. The van der Waals surface area contributed by atoms with Crippen LogP contribution in [0, 0.1) is 10.1 Å². The SMILES string of the molecule is CCC(CC)(CO)Nc1c(Br)cncc1[N+](=O)[O-]. The number of nitro groups is 1. The van der Waals surface area contributed by atoms with Gasteiger partial charge < -0.3 is 10.4 Å². The number of hydrogen-bond donors (Lipinski definition) is 2. The molecular formula is C11H16BrN3O3. The summed E-state index contributed by atoms with van der Waals surface area (Å²) in [6.07, 6.45) is 4.00. The molecule has 1 aromatic rings. The third-order valence-electron chi connectivity index (χ3n) is 3.12. The molecule has 100 valence electrons. The normalized spacial score (nSPS) is 11.3. The second-order valence-corrected chi connectivity index (χ2v) is 4.90. The highest BCUT2D eigenvalue weighted by Crippen LogP contribution is 2.34. The van der Waals surface area contributed by atoms with Crippen LogP contribution in [0.3, 0.4) is 0 Å². The van der Waals surface area contributed by atoms with Gasteiger partial charge in [0.1, 0.15) is 11.9 Å². The Morgan fingerprint density at radius 1 is 1.50 bits per heavy atom. The zero-order valence-corrected chi connectivity index (χ0v) is 11.9. The van der Waals surface area contributed by atoms with E-state index in [1.54, 1.807) is 0 Å². The first kappa shape index (κ1) is 14.8. The van der Waals surface area contributed by atoms with E-state index in [4.69, 9.17) is 0 Å². The lowest BCUT2D eigenvalue weighted by Gasteiger charge is -2.32. The first-order valence-electron chi connectivity index (χ1n) is 5.66. The Kier molecular flexibility index (Phi) is 5.03. The fourth-order valence-corrected chi connectivity index (χ4v) is 2.06. The van der Waals surface area contributed by atoms with Gasteiger partial charge in [-0.3, -0.25) is 15.1 Å². The molecule has 6 nitrogen and oxygen atoms in total. The van der Waals surface area contributed by atoms with E-state index in [0.717, 1.165) is 0 Å². The average Bonchev–Trinajstić information content (AvgIpc) is 2.37. The van der Waals surface area contributed by atoms with Crippen LogP contribution in [0.4, 0.5) is 11.4 Å². The highest BCUT2D eigenvalue weighted by Gasteiger charge is 2.29. The van der Waals surface area contributed by atoms with E-state index in [2.05, 4.69) is 26.2 Å². The molecule has 0 fully saturated rings. The van der Waals surface area contributed by atoms with Crippen LogP contribution in [0.2, 0.25) is 0 Å². The number of nitrogens with zero attached hydrogens (tertiary/aromatic N) is 2. The number of halogens is 1. The first-order valence-corrected chi connectivity index (χ1v) is 6.46. The van der Waals surface area contributed by atoms with Crippen LogP contribution < -0.4 is 5.32 Å². The number of anilines is 1. The van der Waals surface area contributed by atoms with Crippen LogP contribution in [0.15, 0.2) is 16.9 Å². The topological polar surface area (TPSA) is 88.3 Å². The molecule has 0 aliphatic carbocycles. The Morgan fingerprint density at radius 2 is 2.11 bits per heavy atom. The van der Waals surface area contributed by atoms with Gasteiger partial charge in [-0.2, -0.15) is 0 Å². The van der Waals surface area contributed by atoms with Gasteiger partial charge in [-0.05, 0) is 28.8 Å². The average molecular weight is 318 g/mol. The summed E-state index contributed by atoms with van der Waals surface area (Å²) in [5.41, 5.74) is -0.314. The zero-order chi connectivity index (χ0) is 13.8. The van der Waals surface area contributed by atoms with E-state index in [0.29, 0.717) is 23.0 Å². The largest absolute Gasteiger partial charge is 0.394 e. The minimum absolute atomic E-state index is 0.0914. The Bertz CT molecular complexity index is 427. The lowest BCUT2D eigenvalue weighted by atomic mass is 9.93. The Balaban J connectivity index is 3.20. The van der Waals surface area contributed by atoms with Crippen molar-refractivity contribution in [3.63, 3.8) is 0 Å². The maximum absolute atomic E-state index is 11.0. The second kappa shape index (κ2) is 6.10. The molecular weight excluding hydrogens is 302 g/mol. The van der Waals surface area contributed by atoms with Crippen LogP contribution in [0.5, 0.6) is 0 Å². The molecule has 0 unspecified atom stereocenters. The van der Waals surface area contributed by atoms with Gasteiger partial charge in [-0.1, -0.05) is 13.8 Å². The number of aliphatic hydroxyl groups is 1. The molecule has 0 atom stereocenters. The van der Waals surface area contributed by atoms with Crippen molar-refractivity contribution in [2.24, 2.45) is 0 Å². The summed E-state index contributed by atoms with van der Waals surface area (Å²) in [5, 5.41) is 23.5. The van der Waals surface area contributed by atoms with Crippen molar-refractivity contribution in [3.8, 4) is 0 Å². The molecule has 0 aliphatic rings. The molecule has 7 heteroatoms. The lowest BCUT2D eigenvalue weighted by Crippen LogP contribution is -2.41. The third-order valence-corrected chi connectivity index (χ3v) is 3.72. The zero-order valence-electron chi connectivity index (χ0n) is 10.3. The molecule has 0 radical (unpaired) electrons. The Labute approximate surface area is 114 Å². The number of rotatable bonds is 6. The van der Waals surface area contributed by atoms with E-state index in [-0.39, 0.29) is 12.3 Å². The highest BCUT2D eigenvalue weighted by atomic mass is 79.9. The van der Waals surface area contributed by atoms with Gasteiger partial charge in [-0.25, -0.2) is 0 Å². The van der Waals surface area contributed by atoms with E-state index < -0.39 is 10.5 Å². The van der Waals surface area contributed by atoms with E-state index in [9.17, 15) is 15.2 Å². The summed E-state index contributed by atoms with van der Waals surface area (Å²) < 4.78 is 0.511. The van der Waals surface area contributed by atoms with Gasteiger partial charge in [0.2, 0.25) is 0 Å². The summed E-state index contributed by atoms with van der Waals surface area (Å²) in [4.78, 5) is 14.3. The molecule has 2 N–H and O–H groups in total. The predicted octanol–water partition coefficient (Wildman–Crippen LogP) is 2.72. The molecule has 0 bridgehead atoms. The molecule has 1 heterocycles. The minimum atomic E-state index is -0.561. The van der Waals surface area contributed by atoms with Gasteiger partial charge in [0.05, 0.1) is 21.5 Å². The summed E-state index contributed by atoms with van der Waals surface area (Å²) in [6, 6.07) is 0. The van der Waals surface area contributed by atoms with Crippen LogP contribution >= 0.6 is 15.9 Å². The molecule has 0 saturated carbocycles. The Hall–Kier alpha value is -1.21. The van der Waals surface area contributed by atoms with E-state index in [1.807, 2.05) is 13.8 Å². The molecule has 0 saturated heterocycles. The molecule has 0 aromatic carbocycles. The molecule has 1 rings (SSSR count). The van der Waals surface area contributed by atoms with Crippen molar-refractivity contribution in [2.45, 2.75) is 32.2 Å². The summed E-state index contributed by atoms with van der Waals surface area (Å²) in [6.45, 7) is 3.76. The quantitative estimate of drug-likeness (QED) is 0.622. The van der Waals surface area contributed by atoms with Crippen LogP contribution in [0.1, 0.15) is 26.7 Å². The van der Waals surface area contributed by atoms with Crippen molar-refractivity contribution in [1.82, 2.24) is 4.98 Å².